The van der Waals surface area contributed by atoms with Gasteiger partial charge in [-0.1, -0.05) is 6.92 Å². The van der Waals surface area contributed by atoms with Crippen LogP contribution in [-0.2, 0) is 16.0 Å². The first-order valence-corrected chi connectivity index (χ1v) is 8.87. The van der Waals surface area contributed by atoms with Gasteiger partial charge in [0.05, 0.1) is 18.0 Å². The first-order valence-electron chi connectivity index (χ1n) is 7.99. The summed E-state index contributed by atoms with van der Waals surface area (Å²) >= 11 is 1.71. The zero-order valence-electron chi connectivity index (χ0n) is 14.3. The maximum atomic E-state index is 11.8. The molecule has 0 aliphatic carbocycles. The van der Waals surface area contributed by atoms with E-state index in [1.165, 1.54) is 12.1 Å². The fourth-order valence-corrected chi connectivity index (χ4v) is 3.71. The lowest BCUT2D eigenvalue weighted by Crippen LogP contribution is -2.41. The number of nitrogens with zero attached hydrogens (tertiary/aromatic N) is 3. The van der Waals surface area contributed by atoms with Gasteiger partial charge in [0.15, 0.2) is 5.96 Å². The van der Waals surface area contributed by atoms with Crippen LogP contribution in [0.15, 0.2) is 10.4 Å². The molecule has 0 saturated carbocycles. The lowest BCUT2D eigenvalue weighted by Gasteiger charge is -2.21. The summed E-state index contributed by atoms with van der Waals surface area (Å²) in [5.41, 5.74) is 1.09. The van der Waals surface area contributed by atoms with Crippen LogP contribution in [0.1, 0.15) is 24.0 Å². The zero-order chi connectivity index (χ0) is 16.8. The third-order valence-corrected chi connectivity index (χ3v) is 5.17. The minimum absolute atomic E-state index is 0.0724. The SMILES string of the molecule is CN=C(NCCCc1nc(C)cs1)N1CC(C)C(C(=O)OC)C1. The Balaban J connectivity index is 1.78. The molecule has 128 valence electrons. The van der Waals surface area contributed by atoms with Gasteiger partial charge in [0.25, 0.3) is 0 Å². The number of guanidine groups is 1. The summed E-state index contributed by atoms with van der Waals surface area (Å²) in [5.74, 6) is 0.935. The second-order valence-corrected chi connectivity index (χ2v) is 6.91. The highest BCUT2D eigenvalue weighted by Crippen LogP contribution is 2.24. The second-order valence-electron chi connectivity index (χ2n) is 5.97. The highest BCUT2D eigenvalue weighted by Gasteiger charge is 2.36. The van der Waals surface area contributed by atoms with E-state index in [0.717, 1.165) is 37.6 Å². The van der Waals surface area contributed by atoms with Gasteiger partial charge >= 0.3 is 5.97 Å². The number of esters is 1. The number of nitrogens with one attached hydrogen (secondary N) is 1. The van der Waals surface area contributed by atoms with E-state index in [2.05, 4.69) is 32.5 Å². The molecular weight excluding hydrogens is 312 g/mol. The lowest BCUT2D eigenvalue weighted by atomic mass is 9.99. The van der Waals surface area contributed by atoms with Gasteiger partial charge in [0.1, 0.15) is 0 Å². The van der Waals surface area contributed by atoms with Crippen LogP contribution in [0.4, 0.5) is 0 Å². The molecule has 1 saturated heterocycles. The maximum absolute atomic E-state index is 11.8. The molecule has 2 heterocycles. The molecule has 2 atom stereocenters. The Hall–Kier alpha value is -1.63. The summed E-state index contributed by atoms with van der Waals surface area (Å²) in [6.45, 7) is 6.44. The van der Waals surface area contributed by atoms with Crippen molar-refractivity contribution >= 4 is 23.3 Å². The summed E-state index contributed by atoms with van der Waals surface area (Å²) in [6, 6.07) is 0. The Kier molecular flexibility index (Phi) is 6.38. The van der Waals surface area contributed by atoms with E-state index < -0.39 is 0 Å². The third kappa shape index (κ3) is 4.67. The summed E-state index contributed by atoms with van der Waals surface area (Å²) in [6.07, 6.45) is 1.99. The van der Waals surface area contributed by atoms with Crippen molar-refractivity contribution in [3.8, 4) is 0 Å². The Morgan fingerprint density at radius 2 is 2.35 bits per heavy atom. The van der Waals surface area contributed by atoms with Crippen molar-refractivity contribution in [3.05, 3.63) is 16.1 Å². The number of aromatic nitrogens is 1. The molecule has 7 heteroatoms. The number of ether oxygens (including phenoxy) is 1. The topological polar surface area (TPSA) is 66.8 Å². The van der Waals surface area contributed by atoms with Crippen molar-refractivity contribution in [2.24, 2.45) is 16.8 Å². The van der Waals surface area contributed by atoms with E-state index in [4.69, 9.17) is 4.74 Å². The summed E-state index contributed by atoms with van der Waals surface area (Å²) in [7, 11) is 3.23. The third-order valence-electron chi connectivity index (χ3n) is 4.14. The van der Waals surface area contributed by atoms with Gasteiger partial charge in [0, 0.05) is 44.2 Å². The normalized spacial score (nSPS) is 21.6. The van der Waals surface area contributed by atoms with Crippen LogP contribution in [0.25, 0.3) is 0 Å². The second kappa shape index (κ2) is 8.29. The van der Waals surface area contributed by atoms with Gasteiger partial charge in [-0.15, -0.1) is 11.3 Å². The van der Waals surface area contributed by atoms with Crippen molar-refractivity contribution in [2.75, 3.05) is 33.8 Å². The van der Waals surface area contributed by atoms with Crippen LogP contribution >= 0.6 is 11.3 Å². The molecule has 2 unspecified atom stereocenters. The van der Waals surface area contributed by atoms with E-state index >= 15 is 0 Å². The average molecular weight is 338 g/mol. The number of aryl methyl sites for hydroxylation is 2. The van der Waals surface area contributed by atoms with Crippen LogP contribution in [0.3, 0.4) is 0 Å². The average Bonchev–Trinajstić information content (AvgIpc) is 3.12. The minimum Gasteiger partial charge on any atom is -0.469 e. The Morgan fingerprint density at radius 3 is 2.96 bits per heavy atom. The fourth-order valence-electron chi connectivity index (χ4n) is 2.89. The summed E-state index contributed by atoms with van der Waals surface area (Å²) in [5, 5.41) is 6.65. The monoisotopic (exact) mass is 338 g/mol. The van der Waals surface area contributed by atoms with Gasteiger partial charge in [0.2, 0.25) is 0 Å². The predicted molar refractivity (Wildman–Crippen MR) is 92.8 cm³/mol. The highest BCUT2D eigenvalue weighted by atomic mass is 32.1. The number of carbonyl (C=O) groups excluding carboxylic acids is 1. The Labute approximate surface area is 142 Å². The molecule has 2 rings (SSSR count). The quantitative estimate of drug-likeness (QED) is 0.383. The molecule has 1 aliphatic heterocycles. The van der Waals surface area contributed by atoms with Crippen LogP contribution < -0.4 is 5.32 Å². The van der Waals surface area contributed by atoms with Crippen LogP contribution in [0.2, 0.25) is 0 Å². The van der Waals surface area contributed by atoms with E-state index in [0.29, 0.717) is 6.54 Å². The van der Waals surface area contributed by atoms with Crippen molar-refractivity contribution in [1.29, 1.82) is 0 Å². The molecule has 0 bridgehead atoms. The number of likely N-dealkylation sites (tertiary alicyclic amines) is 1. The smallest absolute Gasteiger partial charge is 0.310 e. The number of methoxy groups -OCH3 is 1. The van der Waals surface area contributed by atoms with E-state index in [9.17, 15) is 4.79 Å². The van der Waals surface area contributed by atoms with Gasteiger partial charge in [-0.3, -0.25) is 9.79 Å². The largest absolute Gasteiger partial charge is 0.469 e. The van der Waals surface area contributed by atoms with E-state index in [1.54, 1.807) is 18.4 Å². The standard InChI is InChI=1S/C16H26N4O2S/c1-11-8-20(9-13(11)15(21)22-4)16(17-3)18-7-5-6-14-19-12(2)10-23-14/h10-11,13H,5-9H2,1-4H3,(H,17,18). The molecule has 1 aliphatic rings. The molecule has 1 aromatic heterocycles. The van der Waals surface area contributed by atoms with Crippen molar-refractivity contribution < 1.29 is 9.53 Å². The summed E-state index contributed by atoms with van der Waals surface area (Å²) < 4.78 is 4.88. The van der Waals surface area contributed by atoms with Crippen LogP contribution in [-0.4, -0.2) is 55.6 Å². The number of rotatable bonds is 5. The van der Waals surface area contributed by atoms with E-state index in [1.807, 2.05) is 6.92 Å². The molecule has 6 nitrogen and oxygen atoms in total. The molecule has 0 amide bonds. The molecular formula is C16H26N4O2S. The Morgan fingerprint density at radius 1 is 1.57 bits per heavy atom. The molecule has 1 aromatic rings. The Bertz CT molecular complexity index is 558. The fraction of sp³-hybridized carbons (Fsp3) is 0.688. The number of hydrogen-bond acceptors (Lipinski definition) is 5. The molecule has 1 fully saturated rings. The first kappa shape index (κ1) is 17.7. The van der Waals surface area contributed by atoms with Gasteiger partial charge in [-0.25, -0.2) is 4.98 Å². The molecule has 1 N–H and O–H groups in total. The predicted octanol–water partition coefficient (Wildman–Crippen LogP) is 1.70. The van der Waals surface area contributed by atoms with Crippen molar-refractivity contribution in [2.45, 2.75) is 26.7 Å². The van der Waals surface area contributed by atoms with Crippen molar-refractivity contribution in [3.63, 3.8) is 0 Å². The lowest BCUT2D eigenvalue weighted by molar-refractivity contribution is -0.145. The van der Waals surface area contributed by atoms with E-state index in [-0.39, 0.29) is 17.8 Å². The van der Waals surface area contributed by atoms with Crippen LogP contribution in [0.5, 0.6) is 0 Å². The maximum Gasteiger partial charge on any atom is 0.310 e. The zero-order valence-corrected chi connectivity index (χ0v) is 15.2. The molecule has 0 spiro atoms. The molecule has 0 aromatic carbocycles. The van der Waals surface area contributed by atoms with Crippen molar-refractivity contribution in [1.82, 2.24) is 15.2 Å². The summed E-state index contributed by atoms with van der Waals surface area (Å²) in [4.78, 5) is 22.7. The number of carbonyl (C=O) groups is 1. The van der Waals surface area contributed by atoms with Gasteiger partial charge in [-0.05, 0) is 19.3 Å². The highest BCUT2D eigenvalue weighted by molar-refractivity contribution is 7.09. The van der Waals surface area contributed by atoms with Gasteiger partial charge in [-0.2, -0.15) is 0 Å². The number of thiazole rings is 1. The number of aliphatic imine (C=N–C) groups is 1. The molecule has 0 radical (unpaired) electrons. The number of hydrogen-bond donors (Lipinski definition) is 1. The van der Waals surface area contributed by atoms with Crippen LogP contribution in [0, 0.1) is 18.8 Å². The van der Waals surface area contributed by atoms with Gasteiger partial charge < -0.3 is 15.0 Å². The minimum atomic E-state index is -0.130. The molecule has 23 heavy (non-hydrogen) atoms. The first-order chi connectivity index (χ1) is 11.0.